The van der Waals surface area contributed by atoms with Gasteiger partial charge in [-0.1, -0.05) is 31.9 Å². The van der Waals surface area contributed by atoms with Crippen LogP contribution in [0.25, 0.3) is 10.9 Å². The Labute approximate surface area is 361 Å². The van der Waals surface area contributed by atoms with Gasteiger partial charge < -0.3 is 29.7 Å². The van der Waals surface area contributed by atoms with Crippen LogP contribution in [0, 0.1) is 25.7 Å². The molecule has 1 aromatic carbocycles. The highest BCUT2D eigenvalue weighted by molar-refractivity contribution is 7.91. The van der Waals surface area contributed by atoms with Gasteiger partial charge in [-0.15, -0.1) is 26.3 Å². The van der Waals surface area contributed by atoms with Crippen LogP contribution in [0.1, 0.15) is 111 Å². The highest BCUT2D eigenvalue weighted by Gasteiger charge is 2.60. The third kappa shape index (κ3) is 10.3. The van der Waals surface area contributed by atoms with Crippen LogP contribution in [-0.2, 0) is 29.1 Å². The molecule has 14 nitrogen and oxygen atoms in total. The molecule has 2 heterocycles. The number of alkyl carbamates (subject to hydrolysis) is 1. The van der Waals surface area contributed by atoms with Crippen molar-refractivity contribution in [3.63, 3.8) is 0 Å². The number of halogens is 3. The number of nitrogens with zero attached hydrogens (tertiary/aromatic N) is 2. The van der Waals surface area contributed by atoms with Crippen LogP contribution < -0.4 is 24.8 Å². The Morgan fingerprint density at radius 3 is 2.29 bits per heavy atom. The first-order valence-electron chi connectivity index (χ1n) is 21.0. The molecule has 2 unspecified atom stereocenters. The van der Waals surface area contributed by atoms with E-state index < -0.39 is 91.4 Å². The molecule has 1 aliphatic heterocycles. The van der Waals surface area contributed by atoms with Crippen molar-refractivity contribution in [2.45, 2.75) is 153 Å². The number of nitrogens with one attached hydrogen (secondary N) is 3. The van der Waals surface area contributed by atoms with Crippen molar-refractivity contribution in [2.24, 2.45) is 11.8 Å². The van der Waals surface area contributed by atoms with E-state index in [2.05, 4.69) is 38.2 Å². The molecular formula is C44H60F3N5O9S. The van der Waals surface area contributed by atoms with Crippen LogP contribution >= 0.6 is 0 Å². The normalized spacial score (nSPS) is 24.9. The van der Waals surface area contributed by atoms with Crippen molar-refractivity contribution in [1.29, 1.82) is 0 Å². The lowest BCUT2D eigenvalue weighted by molar-refractivity contribution is -0.274. The molecule has 1 aromatic heterocycles. The summed E-state index contributed by atoms with van der Waals surface area (Å²) < 4.78 is 83.7. The van der Waals surface area contributed by atoms with Crippen LogP contribution in [-0.4, -0.2) is 88.6 Å². The standard InChI is InChI=1S/C44H60F3N5O9S/c1-11-13-14-15-16-17-33(49-39(56)61-40(6,7)8)37(54)52-25-42(10,60-35-26(3)31-24-30(59-44(45,46)47)18-19-32(31)48-28(35)5)27(4)34(52)36(53)50-43(21-20-29(43)12-2)38(55)51-62(57,58)41(9)22-23-41/h11-12,18-19,24,27,29,33-34H,1-2,13-17,20-23,25H2,3-10H3,(H,49,56)(H,50,53)(H,51,55)/t27?,29-,33?,34+,42+,43-/m1/s1. The number of rotatable bonds is 17. The van der Waals surface area contributed by atoms with Gasteiger partial charge >= 0.3 is 12.5 Å². The topological polar surface area (TPSA) is 182 Å². The number of ether oxygens (including phenoxy) is 3. The van der Waals surface area contributed by atoms with E-state index in [-0.39, 0.29) is 25.1 Å². The first kappa shape index (κ1) is 48.2. The summed E-state index contributed by atoms with van der Waals surface area (Å²) >= 11 is 0. The molecule has 0 bridgehead atoms. The Hall–Kier alpha value is -4.87. The number of likely N-dealkylation sites (tertiary alicyclic amines) is 1. The number of carbonyl (C=O) groups excluding carboxylic acids is 4. The molecule has 0 spiro atoms. The molecule has 2 aliphatic carbocycles. The number of aromatic nitrogens is 1. The predicted octanol–water partition coefficient (Wildman–Crippen LogP) is 7.21. The average molecular weight is 892 g/mol. The van der Waals surface area contributed by atoms with E-state index in [1.54, 1.807) is 54.5 Å². The third-order valence-electron chi connectivity index (χ3n) is 12.4. The Morgan fingerprint density at radius 2 is 1.73 bits per heavy atom. The molecule has 2 saturated carbocycles. The summed E-state index contributed by atoms with van der Waals surface area (Å²) in [6.07, 6.45) is 1.70. The lowest BCUT2D eigenvalue weighted by Crippen LogP contribution is -2.70. The first-order chi connectivity index (χ1) is 28.7. The van der Waals surface area contributed by atoms with Crippen LogP contribution in [0.4, 0.5) is 18.0 Å². The maximum absolute atomic E-state index is 14.9. The van der Waals surface area contributed by atoms with Gasteiger partial charge in [0.1, 0.15) is 40.3 Å². The Kier molecular flexibility index (Phi) is 13.8. The number of hydrogen-bond donors (Lipinski definition) is 3. The average Bonchev–Trinajstić information content (AvgIpc) is 3.86. The lowest BCUT2D eigenvalue weighted by Gasteiger charge is -2.48. The molecule has 2 aromatic rings. The van der Waals surface area contributed by atoms with E-state index >= 15 is 0 Å². The fourth-order valence-electron chi connectivity index (χ4n) is 8.22. The van der Waals surface area contributed by atoms with Crippen LogP contribution in [0.5, 0.6) is 11.5 Å². The summed E-state index contributed by atoms with van der Waals surface area (Å²) in [6.45, 7) is 20.6. The molecule has 5 rings (SSSR count). The van der Waals surface area contributed by atoms with Crippen molar-refractivity contribution in [3.05, 3.63) is 54.8 Å². The second kappa shape index (κ2) is 17.7. The van der Waals surface area contributed by atoms with Crippen LogP contribution in [0.2, 0.25) is 0 Å². The number of benzene rings is 1. The van der Waals surface area contributed by atoms with Gasteiger partial charge in [0.2, 0.25) is 21.8 Å². The van der Waals surface area contributed by atoms with Crippen molar-refractivity contribution < 1.29 is 55.0 Å². The summed E-state index contributed by atoms with van der Waals surface area (Å²) in [5.41, 5.74) is -2.81. The van der Waals surface area contributed by atoms with Gasteiger partial charge in [-0.05, 0) is 112 Å². The monoisotopic (exact) mass is 891 g/mol. The van der Waals surface area contributed by atoms with Crippen LogP contribution in [0.3, 0.4) is 0 Å². The largest absolute Gasteiger partial charge is 0.573 e. The fraction of sp³-hybridized carbons (Fsp3) is 0.614. The van der Waals surface area contributed by atoms with E-state index in [0.29, 0.717) is 54.3 Å². The van der Waals surface area contributed by atoms with E-state index in [9.17, 15) is 40.8 Å². The molecule has 3 N–H and O–H groups in total. The van der Waals surface area contributed by atoms with Crippen molar-refractivity contribution in [2.75, 3.05) is 6.54 Å². The number of pyridine rings is 1. The van der Waals surface area contributed by atoms with Crippen molar-refractivity contribution in [3.8, 4) is 11.5 Å². The Morgan fingerprint density at radius 1 is 1.05 bits per heavy atom. The summed E-state index contributed by atoms with van der Waals surface area (Å²) in [5.74, 6) is -4.07. The number of allylic oxidation sites excluding steroid dienone is 1. The lowest BCUT2D eigenvalue weighted by atomic mass is 9.65. The maximum Gasteiger partial charge on any atom is 0.573 e. The highest BCUT2D eigenvalue weighted by atomic mass is 32.2. The summed E-state index contributed by atoms with van der Waals surface area (Å²) in [7, 11) is -4.10. The zero-order chi connectivity index (χ0) is 46.2. The smallest absolute Gasteiger partial charge is 0.483 e. The molecule has 3 fully saturated rings. The minimum Gasteiger partial charge on any atom is -0.483 e. The zero-order valence-corrected chi connectivity index (χ0v) is 37.6. The molecule has 18 heteroatoms. The van der Waals surface area contributed by atoms with E-state index in [0.717, 1.165) is 18.9 Å². The van der Waals surface area contributed by atoms with E-state index in [1.807, 2.05) is 0 Å². The molecule has 1 saturated heterocycles. The first-order valence-corrected chi connectivity index (χ1v) is 22.5. The molecule has 0 radical (unpaired) electrons. The number of unbranched alkanes of at least 4 members (excludes halogenated alkanes) is 3. The molecule has 342 valence electrons. The summed E-state index contributed by atoms with van der Waals surface area (Å²) in [6, 6.07) is 1.25. The van der Waals surface area contributed by atoms with Gasteiger partial charge in [-0.3, -0.25) is 19.1 Å². The number of amides is 4. The van der Waals surface area contributed by atoms with Gasteiger partial charge in [0.15, 0.2) is 0 Å². The van der Waals surface area contributed by atoms with E-state index in [1.165, 1.54) is 30.0 Å². The number of carbonyl (C=O) groups is 4. The van der Waals surface area contributed by atoms with Gasteiger partial charge in [0, 0.05) is 22.8 Å². The molecule has 6 atom stereocenters. The highest BCUT2D eigenvalue weighted by Crippen LogP contribution is 2.46. The number of sulfonamides is 1. The minimum absolute atomic E-state index is 0.0883. The Balaban J connectivity index is 1.55. The predicted molar refractivity (Wildman–Crippen MR) is 227 cm³/mol. The third-order valence-corrected chi connectivity index (χ3v) is 14.6. The Bertz CT molecular complexity index is 2210. The molecule has 3 aliphatic rings. The van der Waals surface area contributed by atoms with Gasteiger partial charge in [0.05, 0.1) is 22.5 Å². The van der Waals surface area contributed by atoms with Crippen molar-refractivity contribution in [1.82, 2.24) is 25.2 Å². The fourth-order valence-corrected chi connectivity index (χ4v) is 9.53. The number of hydrogen-bond acceptors (Lipinski definition) is 10. The molecule has 62 heavy (non-hydrogen) atoms. The van der Waals surface area contributed by atoms with Gasteiger partial charge in [-0.2, -0.15) is 0 Å². The SMILES string of the molecule is C=CCCCCCC(NC(=O)OC(C)(C)C)C(=O)N1C[C@](C)(Oc2c(C)nc3ccc(OC(F)(F)F)cc3c2C)C(C)[C@H]1C(=O)N[C@]1(C(=O)NS(=O)(=O)C2(C)CC2)CC[C@H]1C=C. The van der Waals surface area contributed by atoms with E-state index in [4.69, 9.17) is 9.47 Å². The van der Waals surface area contributed by atoms with Gasteiger partial charge in [-0.25, -0.2) is 18.2 Å². The maximum atomic E-state index is 14.9. The number of alkyl halides is 3. The minimum atomic E-state index is -4.94. The second-order valence-corrected chi connectivity index (χ2v) is 20.5. The zero-order valence-electron chi connectivity index (χ0n) is 36.8. The van der Waals surface area contributed by atoms with Crippen molar-refractivity contribution >= 4 is 44.7 Å². The van der Waals surface area contributed by atoms with Gasteiger partial charge in [0.25, 0.3) is 5.91 Å². The number of aryl methyl sites for hydroxylation is 2. The molecule has 4 amide bonds. The summed E-state index contributed by atoms with van der Waals surface area (Å²) in [4.78, 5) is 63.0. The number of fused-ring (bicyclic) bond motifs is 1. The summed E-state index contributed by atoms with van der Waals surface area (Å²) in [5, 5.41) is 5.88. The molecular weight excluding hydrogens is 832 g/mol. The van der Waals surface area contributed by atoms with Crippen LogP contribution in [0.15, 0.2) is 43.5 Å². The quantitative estimate of drug-likeness (QED) is 0.108. The second-order valence-electron chi connectivity index (χ2n) is 18.3.